The summed E-state index contributed by atoms with van der Waals surface area (Å²) < 4.78 is 13.1. The Labute approximate surface area is 190 Å². The van der Waals surface area contributed by atoms with E-state index in [-0.39, 0.29) is 0 Å². The third-order valence-corrected chi connectivity index (χ3v) is 6.21. The predicted molar refractivity (Wildman–Crippen MR) is 123 cm³/mol. The van der Waals surface area contributed by atoms with Gasteiger partial charge in [-0.25, -0.2) is 0 Å². The molecule has 0 unspecified atom stereocenters. The summed E-state index contributed by atoms with van der Waals surface area (Å²) in [6.45, 7) is 3.05. The van der Waals surface area contributed by atoms with Crippen LogP contribution >= 0.6 is 11.8 Å². The van der Waals surface area contributed by atoms with Crippen LogP contribution in [0.2, 0.25) is 0 Å². The van der Waals surface area contributed by atoms with Crippen LogP contribution < -0.4 is 4.90 Å². The van der Waals surface area contributed by atoms with E-state index in [1.807, 2.05) is 48.5 Å². The van der Waals surface area contributed by atoms with Gasteiger partial charge in [-0.2, -0.15) is 4.98 Å². The number of hydrogen-bond donors (Lipinski definition) is 0. The van der Waals surface area contributed by atoms with E-state index in [0.29, 0.717) is 24.9 Å². The van der Waals surface area contributed by atoms with E-state index < -0.39 is 0 Å². The largest absolute Gasteiger partial charge is 0.378 e. The summed E-state index contributed by atoms with van der Waals surface area (Å²) in [7, 11) is 0. The molecule has 0 bridgehead atoms. The van der Waals surface area contributed by atoms with E-state index >= 15 is 0 Å². The molecule has 0 N–H and O–H groups in total. The van der Waals surface area contributed by atoms with Crippen LogP contribution in [0.25, 0.3) is 17.1 Å². The van der Waals surface area contributed by atoms with E-state index in [0.717, 1.165) is 54.0 Å². The molecule has 1 saturated heterocycles. The molecule has 0 saturated carbocycles. The van der Waals surface area contributed by atoms with Crippen LogP contribution in [-0.4, -0.2) is 57.0 Å². The Morgan fingerprint density at radius 3 is 2.44 bits per heavy atom. The van der Waals surface area contributed by atoms with E-state index in [4.69, 9.17) is 9.26 Å². The van der Waals surface area contributed by atoms with Crippen molar-refractivity contribution in [2.24, 2.45) is 0 Å². The molecule has 2 aromatic heterocycles. The highest BCUT2D eigenvalue weighted by Crippen LogP contribution is 2.27. The first-order chi connectivity index (χ1) is 15.9. The van der Waals surface area contributed by atoms with Gasteiger partial charge in [-0.3, -0.25) is 4.57 Å². The normalized spacial score (nSPS) is 14.1. The van der Waals surface area contributed by atoms with Crippen molar-refractivity contribution in [3.05, 3.63) is 66.6 Å². The smallest absolute Gasteiger partial charge is 0.232 e. The molecular weight excluding hydrogens is 424 g/mol. The highest BCUT2D eigenvalue weighted by Gasteiger charge is 2.21. The Kier molecular flexibility index (Phi) is 6.45. The molecule has 0 amide bonds. The first kappa shape index (κ1) is 20.7. The van der Waals surface area contributed by atoms with Crippen molar-refractivity contribution < 1.29 is 9.26 Å². The molecule has 9 heteroatoms. The summed E-state index contributed by atoms with van der Waals surface area (Å²) in [5, 5.41) is 14.0. The van der Waals surface area contributed by atoms with Crippen LogP contribution in [0, 0.1) is 0 Å². The Hall–Kier alpha value is -3.17. The summed E-state index contributed by atoms with van der Waals surface area (Å²) in [5.74, 6) is 3.03. The molecule has 32 heavy (non-hydrogen) atoms. The van der Waals surface area contributed by atoms with Gasteiger partial charge in [0, 0.05) is 30.8 Å². The first-order valence-corrected chi connectivity index (χ1v) is 11.7. The van der Waals surface area contributed by atoms with Crippen molar-refractivity contribution in [2.75, 3.05) is 37.0 Å². The molecular formula is C23H24N6O2S. The van der Waals surface area contributed by atoms with Gasteiger partial charge in [-0.1, -0.05) is 65.4 Å². The van der Waals surface area contributed by atoms with Gasteiger partial charge in [0.2, 0.25) is 17.7 Å². The maximum absolute atomic E-state index is 5.50. The number of para-hydroxylation sites is 1. The predicted octanol–water partition coefficient (Wildman–Crippen LogP) is 3.88. The second kappa shape index (κ2) is 9.97. The molecule has 1 aliphatic heterocycles. The molecule has 1 fully saturated rings. The second-order valence-electron chi connectivity index (χ2n) is 7.38. The molecule has 3 heterocycles. The maximum atomic E-state index is 5.50. The molecule has 0 aliphatic carbocycles. The number of ether oxygens (including phenoxy) is 1. The summed E-state index contributed by atoms with van der Waals surface area (Å²) in [6.07, 6.45) is 1.62. The van der Waals surface area contributed by atoms with Gasteiger partial charge in [0.05, 0.1) is 18.9 Å². The lowest BCUT2D eigenvalue weighted by atomic mass is 10.2. The number of nitrogens with zero attached hydrogens (tertiary/aromatic N) is 6. The van der Waals surface area contributed by atoms with E-state index in [1.54, 1.807) is 11.8 Å². The van der Waals surface area contributed by atoms with Gasteiger partial charge in [-0.05, 0) is 18.6 Å². The first-order valence-electron chi connectivity index (χ1n) is 10.7. The minimum absolute atomic E-state index is 0.632. The monoisotopic (exact) mass is 448 g/mol. The Morgan fingerprint density at radius 2 is 1.66 bits per heavy atom. The number of rotatable bonds is 8. The molecule has 0 radical (unpaired) electrons. The standard InChI is InChI=1S/C23H24N6O2S/c1-3-8-18(9-4-1)21-24-20(31-27-21)12-7-17-32-23-26-25-22(28-13-15-30-16-14-28)29(23)19-10-5-2-6-11-19/h1-6,8-11H,7,12-17H2. The second-order valence-corrected chi connectivity index (χ2v) is 8.44. The minimum atomic E-state index is 0.632. The van der Waals surface area contributed by atoms with Crippen molar-refractivity contribution in [1.82, 2.24) is 24.9 Å². The van der Waals surface area contributed by atoms with Crippen molar-refractivity contribution in [3.63, 3.8) is 0 Å². The SMILES string of the molecule is c1ccc(-c2noc(CCCSc3nnc(N4CCOCC4)n3-c3ccccc3)n2)cc1. The molecule has 1 aliphatic rings. The lowest BCUT2D eigenvalue weighted by Crippen LogP contribution is -2.37. The van der Waals surface area contributed by atoms with Crippen molar-refractivity contribution in [1.29, 1.82) is 0 Å². The molecule has 2 aromatic carbocycles. The van der Waals surface area contributed by atoms with Gasteiger partial charge in [0.15, 0.2) is 5.16 Å². The zero-order valence-electron chi connectivity index (χ0n) is 17.6. The number of benzene rings is 2. The molecule has 164 valence electrons. The summed E-state index contributed by atoms with van der Waals surface area (Å²) in [4.78, 5) is 6.75. The van der Waals surface area contributed by atoms with Gasteiger partial charge in [-0.15, -0.1) is 10.2 Å². The number of aromatic nitrogens is 5. The van der Waals surface area contributed by atoms with Crippen molar-refractivity contribution in [2.45, 2.75) is 18.0 Å². The fourth-order valence-corrected chi connectivity index (χ4v) is 4.46. The van der Waals surface area contributed by atoms with E-state index in [1.165, 1.54) is 0 Å². The van der Waals surface area contributed by atoms with Gasteiger partial charge in [0.1, 0.15) is 0 Å². The topological polar surface area (TPSA) is 82.1 Å². The fraction of sp³-hybridized carbons (Fsp3) is 0.304. The average Bonchev–Trinajstić information content (AvgIpc) is 3.51. The van der Waals surface area contributed by atoms with Gasteiger partial charge >= 0.3 is 0 Å². The highest BCUT2D eigenvalue weighted by molar-refractivity contribution is 7.99. The fourth-order valence-electron chi connectivity index (χ4n) is 3.57. The average molecular weight is 449 g/mol. The number of aryl methyl sites for hydroxylation is 1. The molecule has 4 aromatic rings. The van der Waals surface area contributed by atoms with Crippen LogP contribution in [0.3, 0.4) is 0 Å². The quantitative estimate of drug-likeness (QED) is 0.297. The number of hydrogen-bond acceptors (Lipinski definition) is 8. The van der Waals surface area contributed by atoms with Crippen LogP contribution in [0.15, 0.2) is 70.3 Å². The number of thioether (sulfide) groups is 1. The number of anilines is 1. The van der Waals surface area contributed by atoms with Gasteiger partial charge < -0.3 is 14.2 Å². The van der Waals surface area contributed by atoms with Crippen molar-refractivity contribution >= 4 is 17.7 Å². The number of morpholine rings is 1. The molecule has 0 atom stereocenters. The zero-order valence-corrected chi connectivity index (χ0v) is 18.4. The third-order valence-electron chi connectivity index (χ3n) is 5.19. The Bertz CT molecular complexity index is 1130. The summed E-state index contributed by atoms with van der Waals surface area (Å²) in [6, 6.07) is 20.1. The lowest BCUT2D eigenvalue weighted by molar-refractivity contribution is 0.122. The van der Waals surface area contributed by atoms with Crippen LogP contribution in [0.4, 0.5) is 5.95 Å². The maximum Gasteiger partial charge on any atom is 0.232 e. The Morgan fingerprint density at radius 1 is 0.906 bits per heavy atom. The molecule has 5 rings (SSSR count). The third kappa shape index (κ3) is 4.68. The van der Waals surface area contributed by atoms with E-state index in [9.17, 15) is 0 Å². The lowest BCUT2D eigenvalue weighted by Gasteiger charge is -2.27. The molecule has 0 spiro atoms. The highest BCUT2D eigenvalue weighted by atomic mass is 32.2. The van der Waals surface area contributed by atoms with Crippen LogP contribution in [-0.2, 0) is 11.2 Å². The summed E-state index contributed by atoms with van der Waals surface area (Å²) >= 11 is 1.69. The Balaban J connectivity index is 1.25. The van der Waals surface area contributed by atoms with Crippen molar-refractivity contribution in [3.8, 4) is 17.1 Å². The molecule has 8 nitrogen and oxygen atoms in total. The van der Waals surface area contributed by atoms with Crippen LogP contribution in [0.5, 0.6) is 0 Å². The van der Waals surface area contributed by atoms with Gasteiger partial charge in [0.25, 0.3) is 0 Å². The summed E-state index contributed by atoms with van der Waals surface area (Å²) in [5.41, 5.74) is 2.02. The van der Waals surface area contributed by atoms with E-state index in [2.05, 4.69) is 41.9 Å². The van der Waals surface area contributed by atoms with Crippen LogP contribution in [0.1, 0.15) is 12.3 Å². The minimum Gasteiger partial charge on any atom is -0.378 e. The zero-order chi connectivity index (χ0) is 21.6.